The summed E-state index contributed by atoms with van der Waals surface area (Å²) >= 11 is 0. The average molecular weight is 345 g/mol. The van der Waals surface area contributed by atoms with Gasteiger partial charge in [0, 0.05) is 11.1 Å². The third kappa shape index (κ3) is 4.12. The monoisotopic (exact) mass is 345 g/mol. The molecule has 1 aromatic rings. The fourth-order valence-electron chi connectivity index (χ4n) is 3.13. The summed E-state index contributed by atoms with van der Waals surface area (Å²) in [4.78, 5) is 4.61. The maximum atomic E-state index is 14.0. The Balaban J connectivity index is 2.55. The number of rotatable bonds is 7. The molecule has 0 spiro atoms. The van der Waals surface area contributed by atoms with Crippen LogP contribution in [0.1, 0.15) is 57.4 Å². The second-order valence-electron chi connectivity index (χ2n) is 6.38. The van der Waals surface area contributed by atoms with Crippen LogP contribution in [0.4, 0.5) is 4.39 Å². The first-order chi connectivity index (χ1) is 11.9. The highest BCUT2D eigenvalue weighted by atomic mass is 19.1. The van der Waals surface area contributed by atoms with Crippen molar-refractivity contribution in [2.45, 2.75) is 53.1 Å². The number of halogens is 1. The molecule has 2 atom stereocenters. The zero-order valence-corrected chi connectivity index (χ0v) is 15.7. The van der Waals surface area contributed by atoms with Gasteiger partial charge >= 0.3 is 0 Å². The highest BCUT2D eigenvalue weighted by molar-refractivity contribution is 5.80. The van der Waals surface area contributed by atoms with Crippen molar-refractivity contribution in [3.05, 3.63) is 47.9 Å². The highest BCUT2D eigenvalue weighted by Crippen LogP contribution is 2.38. The Labute approximate surface area is 150 Å². The zero-order valence-electron chi connectivity index (χ0n) is 15.7. The summed E-state index contributed by atoms with van der Waals surface area (Å²) in [7, 11) is 0. The van der Waals surface area contributed by atoms with Crippen LogP contribution in [-0.2, 0) is 11.2 Å². The Morgan fingerprint density at radius 2 is 2.20 bits per heavy atom. The largest absolute Gasteiger partial charge is 0.492 e. The second-order valence-corrected chi connectivity index (χ2v) is 6.38. The van der Waals surface area contributed by atoms with E-state index in [0.717, 1.165) is 30.4 Å². The van der Waals surface area contributed by atoms with E-state index in [1.807, 2.05) is 13.0 Å². The van der Waals surface area contributed by atoms with Crippen molar-refractivity contribution in [2.75, 3.05) is 6.61 Å². The Morgan fingerprint density at radius 1 is 1.48 bits per heavy atom. The Kier molecular flexibility index (Phi) is 6.40. The summed E-state index contributed by atoms with van der Waals surface area (Å²) in [6, 6.07) is 1.82. The van der Waals surface area contributed by atoms with Gasteiger partial charge in [0.25, 0.3) is 0 Å². The molecule has 3 nitrogen and oxygen atoms in total. The van der Waals surface area contributed by atoms with E-state index in [1.54, 1.807) is 13.0 Å². The third-order valence-corrected chi connectivity index (χ3v) is 4.78. The number of pyridine rings is 1. The van der Waals surface area contributed by atoms with E-state index >= 15 is 0 Å². The number of hydrogen-bond donors (Lipinski definition) is 0. The maximum Gasteiger partial charge on any atom is 0.218 e. The minimum atomic E-state index is -0.465. The average Bonchev–Trinajstić information content (AvgIpc) is 2.60. The summed E-state index contributed by atoms with van der Waals surface area (Å²) in [6.07, 6.45) is 4.60. The van der Waals surface area contributed by atoms with Crippen LogP contribution in [0, 0.1) is 5.92 Å². The minimum Gasteiger partial charge on any atom is -0.492 e. The van der Waals surface area contributed by atoms with Crippen LogP contribution in [0.15, 0.2) is 31.1 Å². The van der Waals surface area contributed by atoms with Crippen LogP contribution >= 0.6 is 0 Å². The molecule has 25 heavy (non-hydrogen) atoms. The molecule has 0 amide bonds. The molecule has 0 aliphatic carbocycles. The van der Waals surface area contributed by atoms with Crippen LogP contribution in [0.25, 0.3) is 11.3 Å². The first kappa shape index (κ1) is 19.2. The molecular formula is C21H28FNO2. The number of fused-ring (bicyclic) bond motifs is 1. The summed E-state index contributed by atoms with van der Waals surface area (Å²) < 4.78 is 25.7. The van der Waals surface area contributed by atoms with Gasteiger partial charge in [0.05, 0.1) is 6.61 Å². The molecular weight excluding hydrogens is 317 g/mol. The Morgan fingerprint density at radius 3 is 2.76 bits per heavy atom. The SMILES string of the molecule is C=C(F)/C(=C\C)c1cc(C(=C)OCC)nc2c1CCC(C(C)CC)O2. The first-order valence-electron chi connectivity index (χ1n) is 8.96. The van der Waals surface area contributed by atoms with E-state index in [1.165, 1.54) is 0 Å². The van der Waals surface area contributed by atoms with Gasteiger partial charge in [-0.1, -0.05) is 39.5 Å². The van der Waals surface area contributed by atoms with Gasteiger partial charge in [-0.15, -0.1) is 0 Å². The molecule has 2 rings (SSSR count). The van der Waals surface area contributed by atoms with Crippen LogP contribution < -0.4 is 4.74 Å². The molecule has 4 heteroatoms. The van der Waals surface area contributed by atoms with Crippen LogP contribution in [-0.4, -0.2) is 17.7 Å². The van der Waals surface area contributed by atoms with Crippen molar-refractivity contribution < 1.29 is 13.9 Å². The van der Waals surface area contributed by atoms with E-state index in [-0.39, 0.29) is 6.10 Å². The van der Waals surface area contributed by atoms with Gasteiger partial charge < -0.3 is 9.47 Å². The van der Waals surface area contributed by atoms with E-state index in [4.69, 9.17) is 9.47 Å². The minimum absolute atomic E-state index is 0.121. The molecule has 136 valence electrons. The van der Waals surface area contributed by atoms with Crippen LogP contribution in [0.2, 0.25) is 0 Å². The highest BCUT2D eigenvalue weighted by Gasteiger charge is 2.29. The summed E-state index contributed by atoms with van der Waals surface area (Å²) in [5.74, 6) is 0.994. The van der Waals surface area contributed by atoms with Gasteiger partial charge in [-0.05, 0) is 44.2 Å². The molecule has 2 unspecified atom stereocenters. The molecule has 0 radical (unpaired) electrons. The number of aromatic nitrogens is 1. The lowest BCUT2D eigenvalue weighted by atomic mass is 9.89. The predicted molar refractivity (Wildman–Crippen MR) is 101 cm³/mol. The fourth-order valence-corrected chi connectivity index (χ4v) is 3.13. The lowest BCUT2D eigenvalue weighted by Gasteiger charge is -2.31. The summed E-state index contributed by atoms with van der Waals surface area (Å²) in [5, 5.41) is 0. The maximum absolute atomic E-state index is 14.0. The molecule has 2 heterocycles. The molecule has 0 saturated heterocycles. The molecule has 0 N–H and O–H groups in total. The number of ether oxygens (including phenoxy) is 2. The molecule has 0 fully saturated rings. The fraction of sp³-hybridized carbons (Fsp3) is 0.476. The summed E-state index contributed by atoms with van der Waals surface area (Å²) in [5.41, 5.74) is 2.73. The lowest BCUT2D eigenvalue weighted by Crippen LogP contribution is -2.30. The second kappa shape index (κ2) is 8.32. The van der Waals surface area contributed by atoms with E-state index < -0.39 is 5.83 Å². The van der Waals surface area contributed by atoms with Crippen molar-refractivity contribution in [3.8, 4) is 5.88 Å². The molecule has 1 aromatic heterocycles. The number of hydrogen-bond acceptors (Lipinski definition) is 3. The molecule has 0 bridgehead atoms. The summed E-state index contributed by atoms with van der Waals surface area (Å²) in [6.45, 7) is 15.9. The van der Waals surface area contributed by atoms with E-state index in [0.29, 0.717) is 35.4 Å². The third-order valence-electron chi connectivity index (χ3n) is 4.78. The normalized spacial score (nSPS) is 18.1. The number of nitrogens with zero attached hydrogens (tertiary/aromatic N) is 1. The van der Waals surface area contributed by atoms with E-state index in [2.05, 4.69) is 32.0 Å². The Bertz CT molecular complexity index is 693. The van der Waals surface area contributed by atoms with Crippen LogP contribution in [0.3, 0.4) is 0 Å². The molecule has 0 aromatic carbocycles. The quantitative estimate of drug-likeness (QED) is 0.468. The van der Waals surface area contributed by atoms with Crippen molar-refractivity contribution >= 4 is 11.3 Å². The zero-order chi connectivity index (χ0) is 18.6. The van der Waals surface area contributed by atoms with Crippen molar-refractivity contribution in [3.63, 3.8) is 0 Å². The topological polar surface area (TPSA) is 31.4 Å². The standard InChI is InChI=1S/C21H28FNO2/c1-7-13(4)20-11-10-17-18(16(8-2)14(5)22)12-19(15(6)24-9-3)23-21(17)25-20/h8,12-13,20H,5-7,9-11H2,1-4H3/b16-8+. The van der Waals surface area contributed by atoms with Gasteiger partial charge in [-0.3, -0.25) is 0 Å². The number of allylic oxidation sites excluding steroid dienone is 3. The van der Waals surface area contributed by atoms with Crippen molar-refractivity contribution in [1.29, 1.82) is 0 Å². The molecule has 0 saturated carbocycles. The molecule has 1 aliphatic heterocycles. The molecule has 1 aliphatic rings. The van der Waals surface area contributed by atoms with Gasteiger partial charge in [0.1, 0.15) is 23.4 Å². The van der Waals surface area contributed by atoms with Crippen molar-refractivity contribution in [2.24, 2.45) is 5.92 Å². The lowest BCUT2D eigenvalue weighted by molar-refractivity contribution is 0.110. The predicted octanol–water partition coefficient (Wildman–Crippen LogP) is 5.72. The van der Waals surface area contributed by atoms with E-state index in [9.17, 15) is 4.39 Å². The van der Waals surface area contributed by atoms with Gasteiger partial charge in [-0.25, -0.2) is 9.37 Å². The van der Waals surface area contributed by atoms with Gasteiger partial charge in [-0.2, -0.15) is 0 Å². The van der Waals surface area contributed by atoms with Gasteiger partial charge in [0.2, 0.25) is 5.88 Å². The Hall–Kier alpha value is -2.10. The van der Waals surface area contributed by atoms with Gasteiger partial charge in [0.15, 0.2) is 0 Å². The van der Waals surface area contributed by atoms with Crippen LogP contribution in [0.5, 0.6) is 5.88 Å². The smallest absolute Gasteiger partial charge is 0.218 e. The first-order valence-corrected chi connectivity index (χ1v) is 8.96. The van der Waals surface area contributed by atoms with Crippen molar-refractivity contribution in [1.82, 2.24) is 4.98 Å².